The Morgan fingerprint density at radius 1 is 1.04 bits per heavy atom. The van der Waals surface area contributed by atoms with E-state index < -0.39 is 0 Å². The van der Waals surface area contributed by atoms with Gasteiger partial charge in [0.15, 0.2) is 0 Å². The minimum Gasteiger partial charge on any atom is -0.376 e. The molecule has 2 aromatic rings. The number of rotatable bonds is 9. The highest BCUT2D eigenvalue weighted by Gasteiger charge is 2.09. The Balaban J connectivity index is 1.65. The number of ether oxygens (including phenoxy) is 1. The standard InChI is InChI=1S/C21H28N2O2/c1-16(2)18-8-10-19(11-9-18)20(22)14-23-21(24)12-13-25-15-17-6-4-3-5-7-17/h3-11,16,20H,12-15,22H2,1-2H3,(H,23,24). The summed E-state index contributed by atoms with van der Waals surface area (Å²) in [5.74, 6) is 0.461. The first kappa shape index (κ1) is 19.2. The van der Waals surface area contributed by atoms with Crippen molar-refractivity contribution in [1.82, 2.24) is 5.32 Å². The monoisotopic (exact) mass is 340 g/mol. The highest BCUT2D eigenvalue weighted by molar-refractivity contribution is 5.76. The lowest BCUT2D eigenvalue weighted by Crippen LogP contribution is -2.32. The molecule has 0 spiro atoms. The molecule has 134 valence electrons. The lowest BCUT2D eigenvalue weighted by Gasteiger charge is -2.14. The van der Waals surface area contributed by atoms with Gasteiger partial charge in [0.05, 0.1) is 13.2 Å². The Morgan fingerprint density at radius 2 is 1.68 bits per heavy atom. The maximum absolute atomic E-state index is 11.9. The van der Waals surface area contributed by atoms with E-state index in [1.165, 1.54) is 5.56 Å². The van der Waals surface area contributed by atoms with Crippen LogP contribution in [0.5, 0.6) is 0 Å². The normalized spacial score (nSPS) is 12.2. The zero-order valence-electron chi connectivity index (χ0n) is 15.1. The molecule has 0 heterocycles. The molecule has 4 heteroatoms. The summed E-state index contributed by atoms with van der Waals surface area (Å²) in [6, 6.07) is 18.0. The lowest BCUT2D eigenvalue weighted by molar-refractivity contribution is -0.122. The SMILES string of the molecule is CC(C)c1ccc(C(N)CNC(=O)CCOCc2ccccc2)cc1. The number of hydrogen-bond acceptors (Lipinski definition) is 3. The number of carbonyl (C=O) groups excluding carboxylic acids is 1. The van der Waals surface area contributed by atoms with E-state index in [9.17, 15) is 4.79 Å². The van der Waals surface area contributed by atoms with Gasteiger partial charge < -0.3 is 15.8 Å². The number of carbonyl (C=O) groups is 1. The average Bonchev–Trinajstić information content (AvgIpc) is 2.64. The van der Waals surface area contributed by atoms with Gasteiger partial charge in [0.2, 0.25) is 5.91 Å². The van der Waals surface area contributed by atoms with Crippen LogP contribution in [0.4, 0.5) is 0 Å². The number of nitrogens with one attached hydrogen (secondary N) is 1. The molecule has 25 heavy (non-hydrogen) atoms. The van der Waals surface area contributed by atoms with Crippen LogP contribution in [0.3, 0.4) is 0 Å². The number of benzene rings is 2. The largest absolute Gasteiger partial charge is 0.376 e. The fourth-order valence-electron chi connectivity index (χ4n) is 2.49. The van der Waals surface area contributed by atoms with Crippen molar-refractivity contribution in [2.24, 2.45) is 5.73 Å². The zero-order chi connectivity index (χ0) is 18.1. The van der Waals surface area contributed by atoms with Gasteiger partial charge in [-0.15, -0.1) is 0 Å². The van der Waals surface area contributed by atoms with Gasteiger partial charge in [-0.3, -0.25) is 4.79 Å². The number of amides is 1. The van der Waals surface area contributed by atoms with E-state index >= 15 is 0 Å². The van der Waals surface area contributed by atoms with E-state index in [0.29, 0.717) is 32.1 Å². The van der Waals surface area contributed by atoms with Crippen LogP contribution in [0.25, 0.3) is 0 Å². The average molecular weight is 340 g/mol. The first-order valence-corrected chi connectivity index (χ1v) is 8.80. The molecule has 0 aliphatic rings. The van der Waals surface area contributed by atoms with Crippen molar-refractivity contribution < 1.29 is 9.53 Å². The molecule has 0 aliphatic heterocycles. The molecule has 2 aromatic carbocycles. The van der Waals surface area contributed by atoms with E-state index in [2.05, 4.69) is 31.3 Å². The quantitative estimate of drug-likeness (QED) is 0.686. The Hall–Kier alpha value is -2.17. The summed E-state index contributed by atoms with van der Waals surface area (Å²) in [5.41, 5.74) is 9.58. The van der Waals surface area contributed by atoms with E-state index in [4.69, 9.17) is 10.5 Å². The maximum Gasteiger partial charge on any atom is 0.222 e. The van der Waals surface area contributed by atoms with Crippen molar-refractivity contribution >= 4 is 5.91 Å². The molecule has 0 saturated carbocycles. The third-order valence-electron chi connectivity index (χ3n) is 4.14. The third kappa shape index (κ3) is 6.69. The molecule has 0 bridgehead atoms. The van der Waals surface area contributed by atoms with Gasteiger partial charge >= 0.3 is 0 Å². The van der Waals surface area contributed by atoms with Crippen LogP contribution in [-0.2, 0) is 16.1 Å². The molecule has 1 unspecified atom stereocenters. The Kier molecular flexibility index (Phi) is 7.64. The van der Waals surface area contributed by atoms with Crippen LogP contribution < -0.4 is 11.1 Å². The van der Waals surface area contributed by atoms with Gasteiger partial charge in [-0.25, -0.2) is 0 Å². The fourth-order valence-corrected chi connectivity index (χ4v) is 2.49. The van der Waals surface area contributed by atoms with Crippen LogP contribution in [0.15, 0.2) is 54.6 Å². The van der Waals surface area contributed by atoms with Crippen molar-refractivity contribution in [3.05, 3.63) is 71.3 Å². The van der Waals surface area contributed by atoms with Gasteiger partial charge in [0.1, 0.15) is 0 Å². The highest BCUT2D eigenvalue weighted by atomic mass is 16.5. The molecular formula is C21H28N2O2. The number of nitrogens with two attached hydrogens (primary N) is 1. The fraction of sp³-hybridized carbons (Fsp3) is 0.381. The smallest absolute Gasteiger partial charge is 0.222 e. The predicted octanol–water partition coefficient (Wildman–Crippen LogP) is 3.53. The summed E-state index contributed by atoms with van der Waals surface area (Å²) in [6.45, 7) is 5.68. The lowest BCUT2D eigenvalue weighted by atomic mass is 9.99. The minimum absolute atomic E-state index is 0.0395. The first-order chi connectivity index (χ1) is 12.1. The molecule has 1 atom stereocenters. The Bertz CT molecular complexity index is 639. The molecule has 0 aromatic heterocycles. The summed E-state index contributed by atoms with van der Waals surface area (Å²) in [5, 5.41) is 2.87. The molecule has 4 nitrogen and oxygen atoms in total. The second-order valence-corrected chi connectivity index (χ2v) is 6.52. The molecular weight excluding hydrogens is 312 g/mol. The highest BCUT2D eigenvalue weighted by Crippen LogP contribution is 2.17. The summed E-state index contributed by atoms with van der Waals surface area (Å²) < 4.78 is 5.53. The Morgan fingerprint density at radius 3 is 2.32 bits per heavy atom. The van der Waals surface area contributed by atoms with Crippen LogP contribution in [0, 0.1) is 0 Å². The van der Waals surface area contributed by atoms with Crippen molar-refractivity contribution in [3.8, 4) is 0 Å². The zero-order valence-corrected chi connectivity index (χ0v) is 15.1. The molecule has 2 rings (SSSR count). The van der Waals surface area contributed by atoms with Gasteiger partial charge in [-0.05, 0) is 22.6 Å². The molecule has 3 N–H and O–H groups in total. The van der Waals surface area contributed by atoms with E-state index in [1.807, 2.05) is 42.5 Å². The van der Waals surface area contributed by atoms with Crippen molar-refractivity contribution in [1.29, 1.82) is 0 Å². The van der Waals surface area contributed by atoms with E-state index in [-0.39, 0.29) is 11.9 Å². The summed E-state index contributed by atoms with van der Waals surface area (Å²) >= 11 is 0. The molecule has 0 radical (unpaired) electrons. The topological polar surface area (TPSA) is 64.3 Å². The third-order valence-corrected chi connectivity index (χ3v) is 4.14. The van der Waals surface area contributed by atoms with Crippen LogP contribution >= 0.6 is 0 Å². The maximum atomic E-state index is 11.9. The van der Waals surface area contributed by atoms with Crippen LogP contribution in [0.1, 0.15) is 48.9 Å². The summed E-state index contributed by atoms with van der Waals surface area (Å²) in [4.78, 5) is 11.9. The minimum atomic E-state index is -0.199. The van der Waals surface area contributed by atoms with E-state index in [0.717, 1.165) is 11.1 Å². The predicted molar refractivity (Wildman–Crippen MR) is 101 cm³/mol. The van der Waals surface area contributed by atoms with E-state index in [1.54, 1.807) is 0 Å². The van der Waals surface area contributed by atoms with Crippen LogP contribution in [-0.4, -0.2) is 19.1 Å². The Labute approximate surface area is 150 Å². The van der Waals surface area contributed by atoms with Crippen molar-refractivity contribution in [2.45, 2.75) is 38.8 Å². The second-order valence-electron chi connectivity index (χ2n) is 6.52. The second kappa shape index (κ2) is 9.97. The molecule has 0 aliphatic carbocycles. The number of hydrogen-bond donors (Lipinski definition) is 2. The molecule has 0 fully saturated rings. The first-order valence-electron chi connectivity index (χ1n) is 8.80. The summed E-state index contributed by atoms with van der Waals surface area (Å²) in [7, 11) is 0. The van der Waals surface area contributed by atoms with Gasteiger partial charge in [-0.2, -0.15) is 0 Å². The molecule has 1 amide bonds. The summed E-state index contributed by atoms with van der Waals surface area (Å²) in [6.07, 6.45) is 0.339. The molecule has 0 saturated heterocycles. The van der Waals surface area contributed by atoms with Gasteiger partial charge in [-0.1, -0.05) is 68.4 Å². The van der Waals surface area contributed by atoms with Gasteiger partial charge in [0.25, 0.3) is 0 Å². The van der Waals surface area contributed by atoms with Crippen LogP contribution in [0.2, 0.25) is 0 Å². The van der Waals surface area contributed by atoms with Gasteiger partial charge in [0, 0.05) is 19.0 Å². The van der Waals surface area contributed by atoms with Crippen molar-refractivity contribution in [2.75, 3.05) is 13.2 Å². The van der Waals surface area contributed by atoms with Crippen molar-refractivity contribution in [3.63, 3.8) is 0 Å².